The van der Waals surface area contributed by atoms with Crippen LogP contribution in [0.2, 0.25) is 0 Å². The Bertz CT molecular complexity index is 741. The van der Waals surface area contributed by atoms with E-state index in [9.17, 15) is 4.79 Å². The first-order valence-corrected chi connectivity index (χ1v) is 7.65. The van der Waals surface area contributed by atoms with Crippen molar-refractivity contribution >= 4 is 17.8 Å². The van der Waals surface area contributed by atoms with Gasteiger partial charge in [-0.15, -0.1) is 0 Å². The van der Waals surface area contributed by atoms with Crippen LogP contribution in [0.3, 0.4) is 0 Å². The Hall–Kier alpha value is -2.82. The summed E-state index contributed by atoms with van der Waals surface area (Å²) in [5.41, 5.74) is 3.91. The van der Waals surface area contributed by atoms with Crippen molar-refractivity contribution in [3.05, 3.63) is 59.2 Å². The molecule has 126 valence electrons. The van der Waals surface area contributed by atoms with E-state index in [0.717, 1.165) is 34.3 Å². The number of anilines is 1. The van der Waals surface area contributed by atoms with E-state index in [-0.39, 0.29) is 5.91 Å². The van der Waals surface area contributed by atoms with Crippen LogP contribution < -0.4 is 9.64 Å². The summed E-state index contributed by atoms with van der Waals surface area (Å²) in [7, 11) is 3.09. The molecular formula is C19H22N2O3. The molecule has 0 radical (unpaired) electrons. The third-order valence-corrected chi connectivity index (χ3v) is 3.68. The summed E-state index contributed by atoms with van der Waals surface area (Å²) < 4.78 is 5.96. The number of aryl methyl sites for hydroxylation is 2. The van der Waals surface area contributed by atoms with E-state index in [4.69, 9.17) is 4.74 Å². The summed E-state index contributed by atoms with van der Waals surface area (Å²) in [5, 5.41) is 3.52. The first-order valence-electron chi connectivity index (χ1n) is 7.65. The molecule has 0 heterocycles. The van der Waals surface area contributed by atoms with Gasteiger partial charge in [0.15, 0.2) is 0 Å². The Labute approximate surface area is 142 Å². The van der Waals surface area contributed by atoms with Gasteiger partial charge in [0, 0.05) is 12.6 Å². The minimum atomic E-state index is -0.268. The lowest BCUT2D eigenvalue weighted by Crippen LogP contribution is -2.28. The minimum absolute atomic E-state index is 0.268. The predicted molar refractivity (Wildman–Crippen MR) is 95.6 cm³/mol. The number of amides is 1. The monoisotopic (exact) mass is 326 g/mol. The van der Waals surface area contributed by atoms with Crippen LogP contribution in [0.1, 0.15) is 16.7 Å². The molecule has 0 aliphatic heterocycles. The zero-order chi connectivity index (χ0) is 17.5. The predicted octanol–water partition coefficient (Wildman–Crippen LogP) is 3.48. The van der Waals surface area contributed by atoms with Gasteiger partial charge in [-0.05, 0) is 37.1 Å². The molecule has 0 atom stereocenters. The maximum absolute atomic E-state index is 12.1. The molecule has 2 aromatic carbocycles. The van der Waals surface area contributed by atoms with Crippen LogP contribution in [0, 0.1) is 13.8 Å². The number of para-hydroxylation sites is 1. The van der Waals surface area contributed by atoms with E-state index in [2.05, 4.69) is 16.1 Å². The van der Waals surface area contributed by atoms with E-state index in [0.29, 0.717) is 6.61 Å². The number of hydrogen-bond acceptors (Lipinski definition) is 4. The molecule has 0 bridgehead atoms. The van der Waals surface area contributed by atoms with Gasteiger partial charge in [-0.25, -0.2) is 0 Å². The second-order valence-electron chi connectivity index (χ2n) is 5.50. The number of hydrogen-bond donors (Lipinski definition) is 0. The fourth-order valence-electron chi connectivity index (χ4n) is 2.28. The van der Waals surface area contributed by atoms with E-state index in [1.165, 1.54) is 12.0 Å². The fraction of sp³-hybridized carbons (Fsp3) is 0.263. The van der Waals surface area contributed by atoms with Crippen molar-refractivity contribution in [1.82, 2.24) is 0 Å². The van der Waals surface area contributed by atoms with Crippen molar-refractivity contribution in [2.24, 2.45) is 5.16 Å². The van der Waals surface area contributed by atoms with Gasteiger partial charge in [0.1, 0.15) is 25.7 Å². The first kappa shape index (κ1) is 17.5. The molecule has 0 unspecified atom stereocenters. The standard InChI is InChI=1S/C19H22N2O3/c1-14-9-10-15(2)18(11-14)24-13-16-7-5-6-8-17(16)21(3)19(22)12-20-23-4/h5-12H,13H2,1-4H3/b20-12+. The molecule has 5 heteroatoms. The zero-order valence-corrected chi connectivity index (χ0v) is 14.4. The van der Waals surface area contributed by atoms with E-state index < -0.39 is 0 Å². The molecule has 0 N–H and O–H groups in total. The third kappa shape index (κ3) is 4.35. The van der Waals surface area contributed by atoms with Crippen molar-refractivity contribution < 1.29 is 14.4 Å². The summed E-state index contributed by atoms with van der Waals surface area (Å²) in [5.74, 6) is 0.579. The number of oxime groups is 1. The molecule has 0 spiro atoms. The lowest BCUT2D eigenvalue weighted by atomic mass is 10.1. The molecule has 24 heavy (non-hydrogen) atoms. The van der Waals surface area contributed by atoms with Crippen molar-refractivity contribution in [2.75, 3.05) is 19.1 Å². The van der Waals surface area contributed by atoms with Crippen LogP contribution in [0.4, 0.5) is 5.69 Å². The molecule has 1 amide bonds. The van der Waals surface area contributed by atoms with Crippen molar-refractivity contribution in [3.8, 4) is 5.75 Å². The lowest BCUT2D eigenvalue weighted by molar-refractivity contribution is -0.112. The zero-order valence-electron chi connectivity index (χ0n) is 14.4. The Morgan fingerprint density at radius 1 is 1.21 bits per heavy atom. The number of ether oxygens (including phenoxy) is 1. The van der Waals surface area contributed by atoms with Crippen LogP contribution in [0.5, 0.6) is 5.75 Å². The number of carbonyl (C=O) groups is 1. The molecule has 0 saturated carbocycles. The average Bonchev–Trinajstić information content (AvgIpc) is 2.60. The molecule has 2 aromatic rings. The Morgan fingerprint density at radius 3 is 2.71 bits per heavy atom. The van der Waals surface area contributed by atoms with Crippen LogP contribution in [0.25, 0.3) is 0 Å². The Morgan fingerprint density at radius 2 is 1.96 bits per heavy atom. The van der Waals surface area contributed by atoms with Gasteiger partial charge >= 0.3 is 0 Å². The number of carbonyl (C=O) groups excluding carboxylic acids is 1. The topological polar surface area (TPSA) is 51.1 Å². The maximum Gasteiger partial charge on any atom is 0.272 e. The van der Waals surface area contributed by atoms with E-state index in [1.54, 1.807) is 7.05 Å². The summed E-state index contributed by atoms with van der Waals surface area (Å²) in [6.45, 7) is 4.42. The molecule has 5 nitrogen and oxygen atoms in total. The van der Waals surface area contributed by atoms with Crippen LogP contribution in [0.15, 0.2) is 47.6 Å². The van der Waals surface area contributed by atoms with Gasteiger partial charge in [0.05, 0.1) is 5.69 Å². The van der Waals surface area contributed by atoms with Crippen LogP contribution in [-0.4, -0.2) is 26.3 Å². The summed E-state index contributed by atoms with van der Waals surface area (Å²) in [6.07, 6.45) is 1.14. The highest BCUT2D eigenvalue weighted by Crippen LogP contribution is 2.24. The first-order chi connectivity index (χ1) is 11.5. The highest BCUT2D eigenvalue weighted by atomic mass is 16.6. The Balaban J connectivity index is 2.18. The fourth-order valence-corrected chi connectivity index (χ4v) is 2.28. The number of benzene rings is 2. The quantitative estimate of drug-likeness (QED) is 0.603. The number of nitrogens with zero attached hydrogens (tertiary/aromatic N) is 2. The maximum atomic E-state index is 12.1. The van der Waals surface area contributed by atoms with Gasteiger partial charge < -0.3 is 14.5 Å². The van der Waals surface area contributed by atoms with Gasteiger partial charge in [-0.3, -0.25) is 4.79 Å². The van der Waals surface area contributed by atoms with E-state index in [1.807, 2.05) is 50.2 Å². The normalized spacial score (nSPS) is 10.7. The molecule has 0 fully saturated rings. The number of rotatable bonds is 6. The van der Waals surface area contributed by atoms with Crippen LogP contribution in [-0.2, 0) is 16.2 Å². The van der Waals surface area contributed by atoms with Crippen LogP contribution >= 0.6 is 0 Å². The molecule has 0 saturated heterocycles. The van der Waals surface area contributed by atoms with E-state index >= 15 is 0 Å². The molecule has 2 rings (SSSR count). The van der Waals surface area contributed by atoms with Crippen molar-refractivity contribution in [2.45, 2.75) is 20.5 Å². The Kier molecular flexibility index (Phi) is 5.95. The lowest BCUT2D eigenvalue weighted by Gasteiger charge is -2.19. The summed E-state index contributed by atoms with van der Waals surface area (Å²) >= 11 is 0. The van der Waals surface area contributed by atoms with Gasteiger partial charge in [0.25, 0.3) is 5.91 Å². The second-order valence-corrected chi connectivity index (χ2v) is 5.50. The summed E-state index contributed by atoms with van der Waals surface area (Å²) in [6, 6.07) is 13.7. The highest BCUT2D eigenvalue weighted by molar-refractivity contribution is 6.32. The molecular weight excluding hydrogens is 304 g/mol. The molecule has 0 aromatic heterocycles. The largest absolute Gasteiger partial charge is 0.489 e. The minimum Gasteiger partial charge on any atom is -0.489 e. The second kappa shape index (κ2) is 8.15. The average molecular weight is 326 g/mol. The molecule has 0 aliphatic rings. The third-order valence-electron chi connectivity index (χ3n) is 3.68. The molecule has 0 aliphatic carbocycles. The SMILES string of the molecule is CO/N=C/C(=O)N(C)c1ccccc1COc1cc(C)ccc1C. The van der Waals surface area contributed by atoms with Gasteiger partial charge in [-0.2, -0.15) is 0 Å². The van der Waals surface area contributed by atoms with Crippen molar-refractivity contribution in [1.29, 1.82) is 0 Å². The van der Waals surface area contributed by atoms with Gasteiger partial charge in [-0.1, -0.05) is 35.5 Å². The smallest absolute Gasteiger partial charge is 0.272 e. The highest BCUT2D eigenvalue weighted by Gasteiger charge is 2.13. The van der Waals surface area contributed by atoms with Gasteiger partial charge in [0.2, 0.25) is 0 Å². The van der Waals surface area contributed by atoms with Crippen molar-refractivity contribution in [3.63, 3.8) is 0 Å². The summed E-state index contributed by atoms with van der Waals surface area (Å²) in [4.78, 5) is 18.2.